The Kier molecular flexibility index (Phi) is 5.06. The van der Waals surface area contributed by atoms with Gasteiger partial charge in [0.2, 0.25) is 0 Å². The van der Waals surface area contributed by atoms with Crippen LogP contribution in [-0.4, -0.2) is 37.6 Å². The highest BCUT2D eigenvalue weighted by Crippen LogP contribution is 2.18. The lowest BCUT2D eigenvalue weighted by molar-refractivity contribution is -0.109. The average Bonchev–Trinajstić information content (AvgIpc) is 2.33. The third-order valence-corrected chi connectivity index (χ3v) is 2.47. The minimum absolute atomic E-state index is 0.0116. The number of anilines is 1. The van der Waals surface area contributed by atoms with Crippen molar-refractivity contribution in [2.75, 3.05) is 19.5 Å². The molecule has 0 aliphatic rings. The smallest absolute Gasteiger partial charge is 0.335 e. The van der Waals surface area contributed by atoms with Crippen LogP contribution in [0.2, 0.25) is 0 Å². The molecular formula is C12H16FNO4. The largest absolute Gasteiger partial charge is 0.478 e. The number of halogens is 1. The normalized spacial score (nSPS) is 12.5. The Balaban J connectivity index is 2.89. The number of ether oxygens (including phenoxy) is 2. The van der Waals surface area contributed by atoms with Crippen LogP contribution in [0.3, 0.4) is 0 Å². The predicted molar refractivity (Wildman–Crippen MR) is 64.3 cm³/mol. The van der Waals surface area contributed by atoms with Gasteiger partial charge in [-0.2, -0.15) is 0 Å². The van der Waals surface area contributed by atoms with E-state index in [0.29, 0.717) is 0 Å². The van der Waals surface area contributed by atoms with Crippen LogP contribution in [0.5, 0.6) is 0 Å². The summed E-state index contributed by atoms with van der Waals surface area (Å²) in [5, 5.41) is 11.7. The molecule has 6 heteroatoms. The lowest BCUT2D eigenvalue weighted by Crippen LogP contribution is -2.34. The van der Waals surface area contributed by atoms with Crippen molar-refractivity contribution in [3.8, 4) is 0 Å². The van der Waals surface area contributed by atoms with Crippen LogP contribution in [0, 0.1) is 5.82 Å². The summed E-state index contributed by atoms with van der Waals surface area (Å²) in [6.07, 6.45) is -0.558. The first-order valence-electron chi connectivity index (χ1n) is 5.34. The van der Waals surface area contributed by atoms with Crippen molar-refractivity contribution in [2.45, 2.75) is 19.3 Å². The Hall–Kier alpha value is -1.66. The number of nitrogens with one attached hydrogen (secondary N) is 1. The molecule has 100 valence electrons. The summed E-state index contributed by atoms with van der Waals surface area (Å²) in [7, 11) is 2.94. The molecule has 1 rings (SSSR count). The lowest BCUT2D eigenvalue weighted by Gasteiger charge is -2.23. The predicted octanol–water partition coefficient (Wildman–Crippen LogP) is 1.94. The maximum atomic E-state index is 13.5. The second-order valence-electron chi connectivity index (χ2n) is 3.77. The molecule has 0 radical (unpaired) electrons. The summed E-state index contributed by atoms with van der Waals surface area (Å²) >= 11 is 0. The van der Waals surface area contributed by atoms with Gasteiger partial charge in [0.15, 0.2) is 6.29 Å². The van der Waals surface area contributed by atoms with E-state index in [1.165, 1.54) is 26.4 Å². The molecule has 1 unspecified atom stereocenters. The van der Waals surface area contributed by atoms with Crippen molar-refractivity contribution >= 4 is 11.7 Å². The van der Waals surface area contributed by atoms with Crippen LogP contribution in [0.15, 0.2) is 18.2 Å². The number of carboxylic acids is 1. The van der Waals surface area contributed by atoms with Crippen molar-refractivity contribution in [3.63, 3.8) is 0 Å². The fourth-order valence-electron chi connectivity index (χ4n) is 1.59. The summed E-state index contributed by atoms with van der Waals surface area (Å²) in [6, 6.07) is 3.21. The van der Waals surface area contributed by atoms with Gasteiger partial charge in [-0.05, 0) is 25.1 Å². The molecule has 18 heavy (non-hydrogen) atoms. The van der Waals surface area contributed by atoms with E-state index in [9.17, 15) is 9.18 Å². The SMILES string of the molecule is COC(OC)C(C)Nc1cc(C(=O)O)ccc1F. The number of methoxy groups -OCH3 is 2. The monoisotopic (exact) mass is 257 g/mol. The number of carbonyl (C=O) groups is 1. The van der Waals surface area contributed by atoms with Crippen molar-refractivity contribution in [1.29, 1.82) is 0 Å². The number of aromatic carboxylic acids is 1. The molecule has 1 atom stereocenters. The van der Waals surface area contributed by atoms with Gasteiger partial charge < -0.3 is 19.9 Å². The number of hydrogen-bond acceptors (Lipinski definition) is 4. The molecule has 0 saturated carbocycles. The minimum atomic E-state index is -1.11. The van der Waals surface area contributed by atoms with Crippen LogP contribution in [-0.2, 0) is 9.47 Å². The van der Waals surface area contributed by atoms with Crippen LogP contribution in [0.1, 0.15) is 17.3 Å². The van der Waals surface area contributed by atoms with Crippen molar-refractivity contribution in [1.82, 2.24) is 0 Å². The molecule has 0 saturated heterocycles. The van der Waals surface area contributed by atoms with E-state index in [4.69, 9.17) is 14.6 Å². The van der Waals surface area contributed by atoms with E-state index in [2.05, 4.69) is 5.32 Å². The molecule has 0 fully saturated rings. The van der Waals surface area contributed by atoms with E-state index >= 15 is 0 Å². The third-order valence-electron chi connectivity index (χ3n) is 2.47. The van der Waals surface area contributed by atoms with Crippen molar-refractivity contribution in [2.24, 2.45) is 0 Å². The number of benzene rings is 1. The quantitative estimate of drug-likeness (QED) is 0.762. The standard InChI is InChI=1S/C12H16FNO4/c1-7(12(17-2)18-3)14-10-6-8(11(15)16)4-5-9(10)13/h4-7,12,14H,1-3H3,(H,15,16). The van der Waals surface area contributed by atoms with E-state index in [1.54, 1.807) is 6.92 Å². The Labute approximate surface area is 105 Å². The number of rotatable bonds is 6. The molecule has 0 amide bonds. The molecule has 0 spiro atoms. The van der Waals surface area contributed by atoms with Gasteiger partial charge in [-0.25, -0.2) is 9.18 Å². The van der Waals surface area contributed by atoms with E-state index in [1.807, 2.05) is 0 Å². The zero-order chi connectivity index (χ0) is 13.7. The summed E-state index contributed by atoms with van der Waals surface area (Å²) in [5.74, 6) is -1.64. The maximum absolute atomic E-state index is 13.5. The van der Waals surface area contributed by atoms with Crippen LogP contribution in [0.25, 0.3) is 0 Å². The fourth-order valence-corrected chi connectivity index (χ4v) is 1.59. The van der Waals surface area contributed by atoms with Gasteiger partial charge in [0.05, 0.1) is 17.3 Å². The molecule has 1 aromatic rings. The summed E-state index contributed by atoms with van der Waals surface area (Å²) in [5.41, 5.74) is 0.110. The number of carboxylic acid groups (broad SMARTS) is 1. The molecular weight excluding hydrogens is 241 g/mol. The Morgan fingerprint density at radius 2 is 2.00 bits per heavy atom. The van der Waals surface area contributed by atoms with Gasteiger partial charge in [0.1, 0.15) is 5.82 Å². The molecule has 0 heterocycles. The van der Waals surface area contributed by atoms with Gasteiger partial charge in [-0.3, -0.25) is 0 Å². The molecule has 1 aromatic carbocycles. The van der Waals surface area contributed by atoms with Gasteiger partial charge in [-0.15, -0.1) is 0 Å². The summed E-state index contributed by atoms with van der Waals surface area (Å²) < 4.78 is 23.6. The minimum Gasteiger partial charge on any atom is -0.478 e. The van der Waals surface area contributed by atoms with E-state index in [-0.39, 0.29) is 17.3 Å². The second-order valence-corrected chi connectivity index (χ2v) is 3.77. The van der Waals surface area contributed by atoms with Gasteiger partial charge >= 0.3 is 5.97 Å². The first-order chi connectivity index (χ1) is 8.49. The maximum Gasteiger partial charge on any atom is 0.335 e. The van der Waals surface area contributed by atoms with Crippen molar-refractivity contribution < 1.29 is 23.8 Å². The Morgan fingerprint density at radius 1 is 1.39 bits per heavy atom. The van der Waals surface area contributed by atoms with Gasteiger partial charge in [-0.1, -0.05) is 0 Å². The highest BCUT2D eigenvalue weighted by atomic mass is 19.1. The first-order valence-corrected chi connectivity index (χ1v) is 5.34. The molecule has 0 aliphatic carbocycles. The molecule has 0 bridgehead atoms. The molecule has 2 N–H and O–H groups in total. The zero-order valence-corrected chi connectivity index (χ0v) is 10.4. The van der Waals surface area contributed by atoms with Gasteiger partial charge in [0, 0.05) is 14.2 Å². The Morgan fingerprint density at radius 3 is 2.50 bits per heavy atom. The highest BCUT2D eigenvalue weighted by Gasteiger charge is 2.17. The van der Waals surface area contributed by atoms with E-state index < -0.39 is 18.1 Å². The third kappa shape index (κ3) is 3.41. The molecule has 0 aliphatic heterocycles. The van der Waals surface area contributed by atoms with Crippen molar-refractivity contribution in [3.05, 3.63) is 29.6 Å². The zero-order valence-electron chi connectivity index (χ0n) is 10.4. The first kappa shape index (κ1) is 14.4. The summed E-state index contributed by atoms with van der Waals surface area (Å²) in [4.78, 5) is 10.8. The van der Waals surface area contributed by atoms with Crippen LogP contribution >= 0.6 is 0 Å². The lowest BCUT2D eigenvalue weighted by atomic mass is 10.2. The summed E-state index contributed by atoms with van der Waals surface area (Å²) in [6.45, 7) is 1.74. The number of hydrogen-bond donors (Lipinski definition) is 2. The molecule has 0 aromatic heterocycles. The van der Waals surface area contributed by atoms with Crippen LogP contribution in [0.4, 0.5) is 10.1 Å². The topological polar surface area (TPSA) is 67.8 Å². The van der Waals surface area contributed by atoms with E-state index in [0.717, 1.165) is 6.07 Å². The van der Waals surface area contributed by atoms with Crippen LogP contribution < -0.4 is 5.32 Å². The van der Waals surface area contributed by atoms with Gasteiger partial charge in [0.25, 0.3) is 0 Å². The average molecular weight is 257 g/mol. The second kappa shape index (κ2) is 6.32. The highest BCUT2D eigenvalue weighted by molar-refractivity contribution is 5.88. The Bertz CT molecular complexity index is 421. The fraction of sp³-hybridized carbons (Fsp3) is 0.417. The molecule has 5 nitrogen and oxygen atoms in total.